The molecule has 0 aliphatic heterocycles. The highest BCUT2D eigenvalue weighted by Crippen LogP contribution is 2.22. The average molecular weight is 317 g/mol. The van der Waals surface area contributed by atoms with E-state index in [1.165, 1.54) is 0 Å². The van der Waals surface area contributed by atoms with Crippen LogP contribution in [0.15, 0.2) is 18.2 Å². The van der Waals surface area contributed by atoms with Crippen molar-refractivity contribution < 1.29 is 19.0 Å². The zero-order valence-corrected chi connectivity index (χ0v) is 12.2. The molecule has 1 aromatic rings. The van der Waals surface area contributed by atoms with Crippen LogP contribution in [-0.4, -0.2) is 26.3 Å². The fourth-order valence-electron chi connectivity index (χ4n) is 1.44. The van der Waals surface area contributed by atoms with Crippen molar-refractivity contribution in [2.45, 2.75) is 18.9 Å². The van der Waals surface area contributed by atoms with Gasteiger partial charge in [0, 0.05) is 10.9 Å². The van der Waals surface area contributed by atoms with E-state index in [1.807, 2.05) is 18.2 Å². The van der Waals surface area contributed by atoms with Crippen LogP contribution in [0.3, 0.4) is 0 Å². The number of methoxy groups -OCH3 is 1. The number of hydrogen-bond donors (Lipinski definition) is 0. The highest BCUT2D eigenvalue weighted by molar-refractivity contribution is 9.08. The Hall–Kier alpha value is -1.07. The molecule has 0 saturated carbocycles. The Kier molecular flexibility index (Phi) is 6.75. The predicted octanol–water partition coefficient (Wildman–Crippen LogP) is 2.67. The summed E-state index contributed by atoms with van der Waals surface area (Å²) in [5.41, 5.74) is 2.03. The van der Waals surface area contributed by atoms with Gasteiger partial charge in [-0.1, -0.05) is 28.1 Å². The van der Waals surface area contributed by atoms with Gasteiger partial charge in [0.15, 0.2) is 0 Å². The maximum absolute atomic E-state index is 11.1. The number of carbonyl (C=O) groups is 1. The summed E-state index contributed by atoms with van der Waals surface area (Å²) in [6.07, 6.45) is 0. The van der Waals surface area contributed by atoms with E-state index < -0.39 is 0 Å². The van der Waals surface area contributed by atoms with Crippen molar-refractivity contribution >= 4 is 21.9 Å². The standard InChI is InChI=1S/C13H17BrO4/c1-3-18-13(15)9-17-8-10-4-5-11(7-14)12(6-10)16-2/h4-6H,3,7-9H2,1-2H3. The molecule has 0 amide bonds. The fraction of sp³-hybridized carbons (Fsp3) is 0.462. The monoisotopic (exact) mass is 316 g/mol. The summed E-state index contributed by atoms with van der Waals surface area (Å²) in [7, 11) is 1.63. The van der Waals surface area contributed by atoms with E-state index in [2.05, 4.69) is 15.9 Å². The molecule has 1 rings (SSSR count). The van der Waals surface area contributed by atoms with E-state index >= 15 is 0 Å². The Morgan fingerprint density at radius 1 is 1.39 bits per heavy atom. The van der Waals surface area contributed by atoms with Crippen LogP contribution in [0.2, 0.25) is 0 Å². The Labute approximate surface area is 115 Å². The largest absolute Gasteiger partial charge is 0.496 e. The quantitative estimate of drug-likeness (QED) is 0.573. The number of hydrogen-bond acceptors (Lipinski definition) is 4. The number of esters is 1. The molecule has 1 aromatic carbocycles. The normalized spacial score (nSPS) is 10.2. The molecule has 100 valence electrons. The van der Waals surface area contributed by atoms with Crippen LogP contribution < -0.4 is 4.74 Å². The van der Waals surface area contributed by atoms with Gasteiger partial charge in [-0.2, -0.15) is 0 Å². The fourth-order valence-corrected chi connectivity index (χ4v) is 1.91. The molecule has 4 nitrogen and oxygen atoms in total. The number of carbonyl (C=O) groups excluding carboxylic acids is 1. The Morgan fingerprint density at radius 3 is 2.78 bits per heavy atom. The van der Waals surface area contributed by atoms with E-state index in [4.69, 9.17) is 14.2 Å². The van der Waals surface area contributed by atoms with Gasteiger partial charge in [-0.15, -0.1) is 0 Å². The Morgan fingerprint density at radius 2 is 2.17 bits per heavy atom. The lowest BCUT2D eigenvalue weighted by molar-refractivity contribution is -0.148. The van der Waals surface area contributed by atoms with Crippen LogP contribution in [-0.2, 0) is 26.2 Å². The molecule has 0 fully saturated rings. The molecule has 0 spiro atoms. The third-order valence-electron chi connectivity index (χ3n) is 2.29. The second-order valence-electron chi connectivity index (χ2n) is 3.58. The number of rotatable bonds is 7. The van der Waals surface area contributed by atoms with E-state index in [1.54, 1.807) is 14.0 Å². The minimum Gasteiger partial charge on any atom is -0.496 e. The number of halogens is 1. The summed E-state index contributed by atoms with van der Waals surface area (Å²) < 4.78 is 15.3. The Bertz CT molecular complexity index is 393. The van der Waals surface area contributed by atoms with Crippen LogP contribution in [0.25, 0.3) is 0 Å². The second-order valence-corrected chi connectivity index (χ2v) is 4.14. The minimum absolute atomic E-state index is 0.0314. The van der Waals surface area contributed by atoms with E-state index in [0.717, 1.165) is 22.2 Å². The molecule has 0 bridgehead atoms. The first kappa shape index (κ1) is 15.0. The summed E-state index contributed by atoms with van der Waals surface area (Å²) in [6.45, 7) is 2.46. The molecule has 18 heavy (non-hydrogen) atoms. The maximum atomic E-state index is 11.1. The highest BCUT2D eigenvalue weighted by atomic mass is 79.9. The topological polar surface area (TPSA) is 44.8 Å². The van der Waals surface area contributed by atoms with Crippen molar-refractivity contribution in [1.82, 2.24) is 0 Å². The number of benzene rings is 1. The summed E-state index contributed by atoms with van der Waals surface area (Å²) in [6, 6.07) is 5.82. The van der Waals surface area contributed by atoms with Gasteiger partial charge in [0.05, 0.1) is 20.3 Å². The van der Waals surface area contributed by atoms with Gasteiger partial charge in [0.25, 0.3) is 0 Å². The summed E-state index contributed by atoms with van der Waals surface area (Å²) in [4.78, 5) is 11.1. The lowest BCUT2D eigenvalue weighted by Gasteiger charge is -2.09. The van der Waals surface area contributed by atoms with E-state index in [9.17, 15) is 4.79 Å². The first-order chi connectivity index (χ1) is 8.71. The van der Waals surface area contributed by atoms with Gasteiger partial charge >= 0.3 is 5.97 Å². The number of ether oxygens (including phenoxy) is 3. The van der Waals surface area contributed by atoms with E-state index in [-0.39, 0.29) is 12.6 Å². The lowest BCUT2D eigenvalue weighted by Crippen LogP contribution is -2.12. The van der Waals surface area contributed by atoms with Crippen molar-refractivity contribution in [3.63, 3.8) is 0 Å². The molecule has 0 heterocycles. The van der Waals surface area contributed by atoms with Gasteiger partial charge in [0.1, 0.15) is 12.4 Å². The first-order valence-corrected chi connectivity index (χ1v) is 6.78. The molecule has 0 N–H and O–H groups in total. The minimum atomic E-state index is -0.346. The van der Waals surface area contributed by atoms with Crippen molar-refractivity contribution in [2.75, 3.05) is 20.3 Å². The third-order valence-corrected chi connectivity index (χ3v) is 2.89. The zero-order chi connectivity index (χ0) is 13.4. The summed E-state index contributed by atoms with van der Waals surface area (Å²) in [5, 5.41) is 0.736. The van der Waals surface area contributed by atoms with Gasteiger partial charge in [-0.25, -0.2) is 4.79 Å². The second kappa shape index (κ2) is 8.11. The molecule has 0 aliphatic rings. The maximum Gasteiger partial charge on any atom is 0.332 e. The zero-order valence-electron chi connectivity index (χ0n) is 10.6. The van der Waals surface area contributed by atoms with Crippen LogP contribution >= 0.6 is 15.9 Å². The third kappa shape index (κ3) is 4.66. The smallest absolute Gasteiger partial charge is 0.332 e. The molecule has 0 aromatic heterocycles. The van der Waals surface area contributed by atoms with Gasteiger partial charge in [0.2, 0.25) is 0 Å². The molecular formula is C13H17BrO4. The summed E-state index contributed by atoms with van der Waals surface area (Å²) in [5.74, 6) is 0.464. The molecule has 5 heteroatoms. The van der Waals surface area contributed by atoms with Gasteiger partial charge < -0.3 is 14.2 Å². The predicted molar refractivity (Wildman–Crippen MR) is 71.9 cm³/mol. The molecular weight excluding hydrogens is 300 g/mol. The van der Waals surface area contributed by atoms with Crippen LogP contribution in [0.5, 0.6) is 5.75 Å². The van der Waals surface area contributed by atoms with Gasteiger partial charge in [-0.3, -0.25) is 0 Å². The van der Waals surface area contributed by atoms with Crippen molar-refractivity contribution in [1.29, 1.82) is 0 Å². The molecule has 0 radical (unpaired) electrons. The molecule has 0 aliphatic carbocycles. The van der Waals surface area contributed by atoms with Crippen LogP contribution in [0, 0.1) is 0 Å². The lowest BCUT2D eigenvalue weighted by atomic mass is 10.1. The van der Waals surface area contributed by atoms with Crippen LogP contribution in [0.4, 0.5) is 0 Å². The van der Waals surface area contributed by atoms with Crippen molar-refractivity contribution in [3.05, 3.63) is 29.3 Å². The Balaban J connectivity index is 2.50. The van der Waals surface area contributed by atoms with Crippen LogP contribution in [0.1, 0.15) is 18.1 Å². The van der Waals surface area contributed by atoms with Crippen molar-refractivity contribution in [3.8, 4) is 5.75 Å². The highest BCUT2D eigenvalue weighted by Gasteiger charge is 2.05. The average Bonchev–Trinajstić information content (AvgIpc) is 2.38. The molecule has 0 unspecified atom stereocenters. The summed E-state index contributed by atoms with van der Waals surface area (Å²) >= 11 is 3.39. The molecule has 0 saturated heterocycles. The van der Waals surface area contributed by atoms with E-state index in [0.29, 0.717) is 13.2 Å². The first-order valence-electron chi connectivity index (χ1n) is 5.66. The molecule has 0 atom stereocenters. The van der Waals surface area contributed by atoms with Gasteiger partial charge in [-0.05, 0) is 18.6 Å². The number of alkyl halides is 1. The van der Waals surface area contributed by atoms with Crippen molar-refractivity contribution in [2.24, 2.45) is 0 Å². The SMILES string of the molecule is CCOC(=O)COCc1ccc(CBr)c(OC)c1.